The molecule has 3 nitrogen and oxygen atoms in total. The highest BCUT2D eigenvalue weighted by atomic mass is 35.5. The van der Waals surface area contributed by atoms with E-state index in [1.165, 1.54) is 0 Å². The Morgan fingerprint density at radius 2 is 1.71 bits per heavy atom. The van der Waals surface area contributed by atoms with Crippen LogP contribution in [0.5, 0.6) is 0 Å². The minimum absolute atomic E-state index is 0.214. The van der Waals surface area contributed by atoms with Gasteiger partial charge in [-0.25, -0.2) is 4.79 Å². The van der Waals surface area contributed by atoms with Crippen molar-refractivity contribution in [2.75, 3.05) is 6.54 Å². The Balaban J connectivity index is 1.69. The molecule has 1 aromatic carbocycles. The van der Waals surface area contributed by atoms with E-state index in [9.17, 15) is 4.79 Å². The van der Waals surface area contributed by atoms with Gasteiger partial charge in [-0.05, 0) is 55.9 Å². The lowest BCUT2D eigenvalue weighted by molar-refractivity contribution is -0.130. The van der Waals surface area contributed by atoms with Crippen LogP contribution in [0.15, 0.2) is 34.3 Å². The van der Waals surface area contributed by atoms with Crippen LogP contribution in [0.3, 0.4) is 0 Å². The van der Waals surface area contributed by atoms with E-state index in [1.807, 2.05) is 12.1 Å². The minimum Gasteiger partial charge on any atom is -0.404 e. The van der Waals surface area contributed by atoms with E-state index < -0.39 is 0 Å². The summed E-state index contributed by atoms with van der Waals surface area (Å²) < 4.78 is 5.28. The summed E-state index contributed by atoms with van der Waals surface area (Å²) in [6, 6.07) is 5.45. The number of esters is 1. The average molecular weight is 324 g/mol. The number of hydrogen-bond acceptors (Lipinski definition) is 3. The quantitative estimate of drug-likeness (QED) is 0.775. The van der Waals surface area contributed by atoms with Crippen molar-refractivity contribution in [2.45, 2.75) is 32.1 Å². The van der Waals surface area contributed by atoms with Crippen LogP contribution in [0, 0.1) is 0 Å². The third-order valence-corrected chi connectivity index (χ3v) is 4.18. The lowest BCUT2D eigenvalue weighted by Crippen LogP contribution is -2.05. The van der Waals surface area contributed by atoms with Crippen molar-refractivity contribution in [1.82, 2.24) is 0 Å². The molecule has 0 saturated carbocycles. The van der Waals surface area contributed by atoms with E-state index >= 15 is 0 Å². The molecule has 1 aliphatic heterocycles. The number of rotatable bonds is 3. The van der Waals surface area contributed by atoms with Crippen LogP contribution in [0.2, 0.25) is 10.0 Å². The molecule has 0 aromatic heterocycles. The highest BCUT2D eigenvalue weighted by molar-refractivity contribution is 6.34. The van der Waals surface area contributed by atoms with Gasteiger partial charge in [-0.3, -0.25) is 4.99 Å². The summed E-state index contributed by atoms with van der Waals surface area (Å²) >= 11 is 11.9. The topological polar surface area (TPSA) is 38.7 Å². The van der Waals surface area contributed by atoms with Crippen molar-refractivity contribution in [3.05, 3.63) is 45.0 Å². The van der Waals surface area contributed by atoms with Crippen LogP contribution in [-0.4, -0.2) is 18.4 Å². The smallest absolute Gasteiger partial charge is 0.341 e. The van der Waals surface area contributed by atoms with Gasteiger partial charge in [0.1, 0.15) is 0 Å². The number of nitrogens with zero attached hydrogens (tertiary/aromatic N) is 1. The lowest BCUT2D eigenvalue weighted by Gasteiger charge is -2.09. The normalized spacial score (nSPS) is 19.9. The second-order valence-electron chi connectivity index (χ2n) is 5.27. The molecule has 0 atom stereocenters. The van der Waals surface area contributed by atoms with Crippen LogP contribution in [0.25, 0.3) is 0 Å². The molecule has 5 heteroatoms. The minimum atomic E-state index is -0.214. The van der Waals surface area contributed by atoms with Gasteiger partial charge in [0.15, 0.2) is 0 Å². The van der Waals surface area contributed by atoms with Crippen LogP contribution < -0.4 is 0 Å². The Hall–Kier alpha value is -1.32. The number of carbonyl (C=O) groups excluding carboxylic acids is 1. The number of benzene rings is 1. The van der Waals surface area contributed by atoms with Gasteiger partial charge in [0.2, 0.25) is 5.90 Å². The van der Waals surface area contributed by atoms with Crippen molar-refractivity contribution >= 4 is 35.1 Å². The third-order valence-electron chi connectivity index (χ3n) is 3.74. The van der Waals surface area contributed by atoms with Crippen molar-refractivity contribution in [2.24, 2.45) is 4.99 Å². The highest BCUT2D eigenvalue weighted by Gasteiger charge is 2.32. The molecule has 0 spiro atoms. The van der Waals surface area contributed by atoms with Crippen LogP contribution in [0.1, 0.15) is 31.2 Å². The second kappa shape index (κ2) is 6.20. The monoisotopic (exact) mass is 323 g/mol. The summed E-state index contributed by atoms with van der Waals surface area (Å²) in [4.78, 5) is 16.2. The molecule has 1 aliphatic carbocycles. The number of halogens is 2. The zero-order valence-electron chi connectivity index (χ0n) is 11.5. The molecule has 0 fully saturated rings. The molecule has 21 heavy (non-hydrogen) atoms. The Kier molecular flexibility index (Phi) is 4.32. The first-order valence-electron chi connectivity index (χ1n) is 7.07. The van der Waals surface area contributed by atoms with E-state index in [1.54, 1.807) is 6.07 Å². The van der Waals surface area contributed by atoms with Crippen molar-refractivity contribution < 1.29 is 9.53 Å². The summed E-state index contributed by atoms with van der Waals surface area (Å²) in [5, 5.41) is 1.24. The summed E-state index contributed by atoms with van der Waals surface area (Å²) in [5.41, 5.74) is 2.86. The molecule has 3 rings (SSSR count). The molecular formula is C16H15Cl2NO2. The molecule has 0 saturated heterocycles. The average Bonchev–Trinajstić information content (AvgIpc) is 2.75. The summed E-state index contributed by atoms with van der Waals surface area (Å²) in [6.07, 6.45) is 4.57. The van der Waals surface area contributed by atoms with Gasteiger partial charge in [-0.1, -0.05) is 23.2 Å². The maximum absolute atomic E-state index is 11.7. The Morgan fingerprint density at radius 3 is 2.43 bits per heavy atom. The number of cyclic esters (lactones) is 1. The van der Waals surface area contributed by atoms with Gasteiger partial charge < -0.3 is 4.74 Å². The van der Waals surface area contributed by atoms with Crippen molar-refractivity contribution in [3.63, 3.8) is 0 Å². The number of aliphatic imine (C=N–C) groups is 1. The molecule has 110 valence electrons. The van der Waals surface area contributed by atoms with E-state index in [0.29, 0.717) is 28.9 Å². The second-order valence-corrected chi connectivity index (χ2v) is 6.14. The summed E-state index contributed by atoms with van der Waals surface area (Å²) in [5.74, 6) is 0.303. The van der Waals surface area contributed by atoms with Crippen molar-refractivity contribution in [3.8, 4) is 0 Å². The van der Waals surface area contributed by atoms with Crippen LogP contribution >= 0.6 is 23.2 Å². The first-order valence-corrected chi connectivity index (χ1v) is 7.83. The zero-order chi connectivity index (χ0) is 14.8. The zero-order valence-corrected chi connectivity index (χ0v) is 13.0. The van der Waals surface area contributed by atoms with Crippen LogP contribution in [0.4, 0.5) is 0 Å². The fraction of sp³-hybridized carbons (Fsp3) is 0.375. The fourth-order valence-electron chi connectivity index (χ4n) is 2.75. The molecule has 0 N–H and O–H groups in total. The van der Waals surface area contributed by atoms with Gasteiger partial charge in [0.05, 0.1) is 0 Å². The number of ether oxygens (including phenoxy) is 1. The molecule has 0 unspecified atom stereocenters. The van der Waals surface area contributed by atoms with Gasteiger partial charge in [-0.2, -0.15) is 0 Å². The standard InChI is InChI=1S/C16H15Cl2NO2/c17-11-7-10(8-12(18)9-11)5-6-19-15-13-3-1-2-4-14(13)16(20)21-15/h7-9H,1-6H2. The van der Waals surface area contributed by atoms with Gasteiger partial charge in [-0.15, -0.1) is 0 Å². The molecule has 1 aromatic rings. The van der Waals surface area contributed by atoms with E-state index in [-0.39, 0.29) is 5.97 Å². The third kappa shape index (κ3) is 3.30. The maximum Gasteiger partial charge on any atom is 0.341 e. The van der Waals surface area contributed by atoms with E-state index in [0.717, 1.165) is 42.4 Å². The predicted molar refractivity (Wildman–Crippen MR) is 84.1 cm³/mol. The Labute approximate surface area is 133 Å². The summed E-state index contributed by atoms with van der Waals surface area (Å²) in [7, 11) is 0. The van der Waals surface area contributed by atoms with E-state index in [2.05, 4.69) is 4.99 Å². The maximum atomic E-state index is 11.7. The Morgan fingerprint density at radius 1 is 1.05 bits per heavy atom. The van der Waals surface area contributed by atoms with Crippen molar-refractivity contribution in [1.29, 1.82) is 0 Å². The number of hydrogen-bond donors (Lipinski definition) is 0. The first-order chi connectivity index (χ1) is 10.1. The molecular weight excluding hydrogens is 309 g/mol. The van der Waals surface area contributed by atoms with Crippen LogP contribution in [-0.2, 0) is 16.0 Å². The van der Waals surface area contributed by atoms with Gasteiger partial charge >= 0.3 is 5.97 Å². The van der Waals surface area contributed by atoms with Gasteiger partial charge in [0.25, 0.3) is 0 Å². The number of carbonyl (C=O) groups is 1. The molecule has 0 radical (unpaired) electrons. The van der Waals surface area contributed by atoms with E-state index in [4.69, 9.17) is 27.9 Å². The molecule has 2 aliphatic rings. The van der Waals surface area contributed by atoms with Gasteiger partial charge in [0, 0.05) is 27.7 Å². The lowest BCUT2D eigenvalue weighted by atomic mass is 9.93. The predicted octanol–water partition coefficient (Wildman–Crippen LogP) is 4.36. The molecule has 0 amide bonds. The highest BCUT2D eigenvalue weighted by Crippen LogP contribution is 2.32. The molecule has 1 heterocycles. The molecule has 0 bridgehead atoms. The first kappa shape index (κ1) is 14.6. The summed E-state index contributed by atoms with van der Waals surface area (Å²) in [6.45, 7) is 0.552. The fourth-order valence-corrected chi connectivity index (χ4v) is 3.32. The SMILES string of the molecule is O=C1OC(=NCCc2cc(Cl)cc(Cl)c2)C2=C1CCCC2. The largest absolute Gasteiger partial charge is 0.404 e. The Bertz CT molecular complexity index is 629.